The lowest BCUT2D eigenvalue weighted by Gasteiger charge is -2.31. The minimum atomic E-state index is -4.04. The summed E-state index contributed by atoms with van der Waals surface area (Å²) in [5.74, 6) is -1.13. The molecule has 1 aliphatic rings. The Labute approximate surface area is 96.2 Å². The van der Waals surface area contributed by atoms with Crippen LogP contribution in [0.3, 0.4) is 0 Å². The zero-order valence-corrected chi connectivity index (χ0v) is 10.00. The van der Waals surface area contributed by atoms with Crippen molar-refractivity contribution >= 4 is 15.9 Å². The number of hydrogen-bond acceptors (Lipinski definition) is 1. The van der Waals surface area contributed by atoms with Gasteiger partial charge in [0, 0.05) is 17.1 Å². The van der Waals surface area contributed by atoms with Gasteiger partial charge in [-0.2, -0.15) is 13.2 Å². The zero-order valence-electron chi connectivity index (χ0n) is 8.41. The highest BCUT2D eigenvalue weighted by molar-refractivity contribution is 9.11. The summed E-state index contributed by atoms with van der Waals surface area (Å²) in [7, 11) is 0. The number of alkyl halides is 3. The molecule has 0 aromatic heterocycles. The van der Waals surface area contributed by atoms with E-state index in [0.717, 1.165) is 10.9 Å². The topological polar surface area (TPSA) is 12.0 Å². The minimum Gasteiger partial charge on any atom is -0.309 e. The van der Waals surface area contributed by atoms with Gasteiger partial charge >= 0.3 is 6.18 Å². The van der Waals surface area contributed by atoms with E-state index in [2.05, 4.69) is 27.8 Å². The molecule has 5 heteroatoms. The third kappa shape index (κ3) is 4.55. The summed E-state index contributed by atoms with van der Waals surface area (Å²) in [6.07, 6.45) is -2.09. The molecule has 2 unspecified atom stereocenters. The molecule has 1 nitrogen and oxygen atoms in total. The third-order valence-electron chi connectivity index (χ3n) is 2.72. The molecule has 0 amide bonds. The fourth-order valence-electron chi connectivity index (χ4n) is 1.93. The van der Waals surface area contributed by atoms with Crippen LogP contribution in [0.5, 0.6) is 0 Å². The lowest BCUT2D eigenvalue weighted by Crippen LogP contribution is -2.39. The molecule has 0 aliphatic heterocycles. The molecule has 0 heterocycles. The standard InChI is InChI=1S/C10H15BrF3N/c1-7(11)6-15-9-4-2-3-8(5-9)10(12,13)14/h8-9,15H,1-6H2. The summed E-state index contributed by atoms with van der Waals surface area (Å²) in [5.41, 5.74) is 0. The van der Waals surface area contributed by atoms with E-state index in [1.807, 2.05) is 0 Å². The molecular formula is C10H15BrF3N. The molecule has 0 bridgehead atoms. The maximum absolute atomic E-state index is 12.5. The number of nitrogens with one attached hydrogen (secondary N) is 1. The molecule has 1 rings (SSSR count). The second-order valence-corrected chi connectivity index (χ2v) is 5.12. The Bertz CT molecular complexity index is 227. The second-order valence-electron chi connectivity index (χ2n) is 4.00. The van der Waals surface area contributed by atoms with Gasteiger partial charge in [0.2, 0.25) is 0 Å². The van der Waals surface area contributed by atoms with Crippen LogP contribution in [0.25, 0.3) is 0 Å². The van der Waals surface area contributed by atoms with Gasteiger partial charge in [-0.25, -0.2) is 0 Å². The van der Waals surface area contributed by atoms with Crippen molar-refractivity contribution in [2.75, 3.05) is 6.54 Å². The Morgan fingerprint density at radius 3 is 2.60 bits per heavy atom. The first-order chi connectivity index (χ1) is 6.89. The van der Waals surface area contributed by atoms with Crippen LogP contribution in [0.2, 0.25) is 0 Å². The van der Waals surface area contributed by atoms with Crippen molar-refractivity contribution in [1.82, 2.24) is 5.32 Å². The van der Waals surface area contributed by atoms with E-state index in [4.69, 9.17) is 0 Å². The predicted octanol–water partition coefficient (Wildman–Crippen LogP) is 3.61. The van der Waals surface area contributed by atoms with E-state index in [9.17, 15) is 13.2 Å². The van der Waals surface area contributed by atoms with Gasteiger partial charge in [0.15, 0.2) is 0 Å². The minimum absolute atomic E-state index is 0.0281. The molecule has 0 aromatic carbocycles. The summed E-state index contributed by atoms with van der Waals surface area (Å²) in [4.78, 5) is 0. The quantitative estimate of drug-likeness (QED) is 0.835. The highest BCUT2D eigenvalue weighted by atomic mass is 79.9. The molecule has 88 valence electrons. The van der Waals surface area contributed by atoms with Gasteiger partial charge in [0.05, 0.1) is 5.92 Å². The number of rotatable bonds is 3. The number of hydrogen-bond donors (Lipinski definition) is 1. The largest absolute Gasteiger partial charge is 0.391 e. The summed E-state index contributed by atoms with van der Waals surface area (Å²) < 4.78 is 38.2. The van der Waals surface area contributed by atoms with Crippen LogP contribution in [0.4, 0.5) is 13.2 Å². The van der Waals surface area contributed by atoms with E-state index < -0.39 is 12.1 Å². The third-order valence-corrected chi connectivity index (χ3v) is 3.00. The van der Waals surface area contributed by atoms with Crippen molar-refractivity contribution in [1.29, 1.82) is 0 Å². The summed E-state index contributed by atoms with van der Waals surface area (Å²) in [6.45, 7) is 4.18. The van der Waals surface area contributed by atoms with Gasteiger partial charge in [0.25, 0.3) is 0 Å². The lowest BCUT2D eigenvalue weighted by atomic mass is 9.85. The fourth-order valence-corrected chi connectivity index (χ4v) is 2.09. The Balaban J connectivity index is 2.39. The van der Waals surface area contributed by atoms with Crippen molar-refractivity contribution in [2.45, 2.75) is 37.9 Å². The summed E-state index contributed by atoms with van der Waals surface area (Å²) in [5, 5.41) is 3.08. The van der Waals surface area contributed by atoms with Gasteiger partial charge in [-0.15, -0.1) is 0 Å². The van der Waals surface area contributed by atoms with Crippen LogP contribution in [-0.2, 0) is 0 Å². The first-order valence-corrected chi connectivity index (χ1v) is 5.82. The molecule has 2 atom stereocenters. The van der Waals surface area contributed by atoms with Gasteiger partial charge in [-0.1, -0.05) is 28.9 Å². The first-order valence-electron chi connectivity index (χ1n) is 5.03. The second kappa shape index (κ2) is 5.34. The average Bonchev–Trinajstić information content (AvgIpc) is 2.14. The van der Waals surface area contributed by atoms with Crippen molar-refractivity contribution < 1.29 is 13.2 Å². The average molecular weight is 286 g/mol. The van der Waals surface area contributed by atoms with E-state index in [-0.39, 0.29) is 18.9 Å². The van der Waals surface area contributed by atoms with Crippen LogP contribution in [0.1, 0.15) is 25.7 Å². The van der Waals surface area contributed by atoms with Gasteiger partial charge in [-0.3, -0.25) is 0 Å². The molecule has 1 fully saturated rings. The summed E-state index contributed by atoms with van der Waals surface area (Å²) in [6, 6.07) is -0.0281. The molecular weight excluding hydrogens is 271 g/mol. The maximum atomic E-state index is 12.5. The molecule has 0 aromatic rings. The molecule has 1 aliphatic carbocycles. The van der Waals surface area contributed by atoms with E-state index >= 15 is 0 Å². The van der Waals surface area contributed by atoms with Crippen molar-refractivity contribution in [2.24, 2.45) is 5.92 Å². The Hall–Kier alpha value is -0.0300. The summed E-state index contributed by atoms with van der Waals surface area (Å²) >= 11 is 3.18. The predicted molar refractivity (Wildman–Crippen MR) is 57.9 cm³/mol. The SMILES string of the molecule is C=C(Br)CNC1CCCC(C(F)(F)F)C1. The van der Waals surface area contributed by atoms with E-state index in [1.165, 1.54) is 0 Å². The first kappa shape index (κ1) is 13.0. The van der Waals surface area contributed by atoms with Crippen molar-refractivity contribution in [3.8, 4) is 0 Å². The van der Waals surface area contributed by atoms with Crippen molar-refractivity contribution in [3.63, 3.8) is 0 Å². The maximum Gasteiger partial charge on any atom is 0.391 e. The Morgan fingerprint density at radius 2 is 2.07 bits per heavy atom. The van der Waals surface area contributed by atoms with Crippen LogP contribution >= 0.6 is 15.9 Å². The van der Waals surface area contributed by atoms with E-state index in [0.29, 0.717) is 13.0 Å². The Morgan fingerprint density at radius 1 is 1.40 bits per heavy atom. The highest BCUT2D eigenvalue weighted by Crippen LogP contribution is 2.37. The van der Waals surface area contributed by atoms with Crippen LogP contribution in [0.15, 0.2) is 11.1 Å². The Kier molecular flexibility index (Phi) is 4.64. The highest BCUT2D eigenvalue weighted by Gasteiger charge is 2.41. The lowest BCUT2D eigenvalue weighted by molar-refractivity contribution is -0.183. The van der Waals surface area contributed by atoms with Crippen molar-refractivity contribution in [3.05, 3.63) is 11.1 Å². The normalized spacial score (nSPS) is 27.7. The molecule has 0 spiro atoms. The molecule has 0 saturated heterocycles. The van der Waals surface area contributed by atoms with Gasteiger partial charge in [0.1, 0.15) is 0 Å². The number of halogens is 4. The molecule has 0 radical (unpaired) electrons. The van der Waals surface area contributed by atoms with Gasteiger partial charge < -0.3 is 5.32 Å². The zero-order chi connectivity index (χ0) is 11.5. The fraction of sp³-hybridized carbons (Fsp3) is 0.800. The van der Waals surface area contributed by atoms with E-state index in [1.54, 1.807) is 0 Å². The monoisotopic (exact) mass is 285 g/mol. The van der Waals surface area contributed by atoms with Crippen LogP contribution in [-0.4, -0.2) is 18.8 Å². The van der Waals surface area contributed by atoms with Crippen LogP contribution < -0.4 is 5.32 Å². The van der Waals surface area contributed by atoms with Gasteiger partial charge in [-0.05, 0) is 19.3 Å². The van der Waals surface area contributed by atoms with Crippen LogP contribution in [0, 0.1) is 5.92 Å². The smallest absolute Gasteiger partial charge is 0.309 e. The molecule has 15 heavy (non-hydrogen) atoms. The molecule has 1 N–H and O–H groups in total. The molecule has 1 saturated carbocycles.